The molecule has 29 heavy (non-hydrogen) atoms. The highest BCUT2D eigenvalue weighted by Crippen LogP contribution is 2.30. The lowest BCUT2D eigenvalue weighted by Gasteiger charge is -2.08. The summed E-state index contributed by atoms with van der Waals surface area (Å²) in [5.74, 6) is -0.422. The minimum absolute atomic E-state index is 0.154. The van der Waals surface area contributed by atoms with Crippen LogP contribution >= 0.6 is 11.6 Å². The first-order valence-corrected chi connectivity index (χ1v) is 8.84. The van der Waals surface area contributed by atoms with Crippen LogP contribution in [0.4, 0.5) is 0 Å². The minimum atomic E-state index is -0.668. The maximum Gasteiger partial charge on any atom is 0.344 e. The summed E-state index contributed by atoms with van der Waals surface area (Å²) in [5, 5.41) is 1.57. The second kappa shape index (κ2) is 7.54. The van der Waals surface area contributed by atoms with Gasteiger partial charge in [-0.3, -0.25) is 0 Å². The molecule has 0 amide bonds. The second-order valence-corrected chi connectivity index (χ2v) is 6.61. The highest BCUT2D eigenvalue weighted by atomic mass is 35.5. The molecule has 0 N–H and O–H groups in total. The molecule has 7 nitrogen and oxygen atoms in total. The van der Waals surface area contributed by atoms with Crippen LogP contribution in [0.15, 0.2) is 67.0 Å². The van der Waals surface area contributed by atoms with E-state index in [0.717, 1.165) is 0 Å². The first kappa shape index (κ1) is 18.9. The van der Waals surface area contributed by atoms with E-state index in [1.165, 1.54) is 25.3 Å². The normalized spacial score (nSPS) is 11.1. The zero-order chi connectivity index (χ0) is 20.5. The molecule has 8 heteroatoms. The Balaban J connectivity index is 1.89. The van der Waals surface area contributed by atoms with Crippen molar-refractivity contribution in [2.45, 2.75) is 0 Å². The highest BCUT2D eigenvalue weighted by Gasteiger charge is 2.15. The second-order valence-electron chi connectivity index (χ2n) is 6.17. The van der Waals surface area contributed by atoms with E-state index in [1.54, 1.807) is 30.3 Å². The van der Waals surface area contributed by atoms with E-state index in [2.05, 4.69) is 0 Å². The number of hydrogen-bond donors (Lipinski definition) is 0. The zero-order valence-electron chi connectivity index (χ0n) is 15.1. The molecular formula is C21H13ClO7. The summed E-state index contributed by atoms with van der Waals surface area (Å²) in [6.45, 7) is -0.220. The summed E-state index contributed by atoms with van der Waals surface area (Å²) in [6.07, 6.45) is 0. The number of methoxy groups -OCH3 is 1. The molecule has 146 valence electrons. The molecule has 0 saturated carbocycles. The van der Waals surface area contributed by atoms with Crippen LogP contribution in [0.2, 0.25) is 5.02 Å². The molecule has 0 fully saturated rings. The lowest BCUT2D eigenvalue weighted by molar-refractivity contribution is -0.138. The van der Waals surface area contributed by atoms with Crippen molar-refractivity contribution in [1.82, 2.24) is 0 Å². The topological polar surface area (TPSA) is 96.0 Å². The lowest BCUT2D eigenvalue weighted by Crippen LogP contribution is -2.14. The first-order valence-electron chi connectivity index (χ1n) is 8.46. The predicted octanol–water partition coefficient (Wildman–Crippen LogP) is 3.77. The van der Waals surface area contributed by atoms with Crippen LogP contribution in [-0.4, -0.2) is 19.7 Å². The Bertz CT molecular complexity index is 1370. The summed E-state index contributed by atoms with van der Waals surface area (Å²) < 4.78 is 20.4. The molecule has 0 aliphatic rings. The number of benzene rings is 2. The van der Waals surface area contributed by atoms with Crippen LogP contribution < -0.4 is 16.0 Å². The third-order valence-corrected chi connectivity index (χ3v) is 4.43. The Morgan fingerprint density at radius 2 is 1.79 bits per heavy atom. The number of fused-ring (bicyclic) bond motifs is 2. The molecular weight excluding hydrogens is 400 g/mol. The number of halogens is 1. The largest absolute Gasteiger partial charge is 0.425 e. The number of carbonyl (C=O) groups excluding carboxylic acids is 1. The van der Waals surface area contributed by atoms with Crippen LogP contribution in [0.25, 0.3) is 33.1 Å². The van der Waals surface area contributed by atoms with Gasteiger partial charge in [-0.25, -0.2) is 14.4 Å². The summed E-state index contributed by atoms with van der Waals surface area (Å²) in [6, 6.07) is 12.2. The molecule has 0 saturated heterocycles. The van der Waals surface area contributed by atoms with Gasteiger partial charge in [-0.2, -0.15) is 0 Å². The third kappa shape index (κ3) is 3.78. The summed E-state index contributed by atoms with van der Waals surface area (Å²) in [7, 11) is 1.37. The number of esters is 1. The fourth-order valence-corrected chi connectivity index (χ4v) is 3.17. The van der Waals surface area contributed by atoms with E-state index in [4.69, 9.17) is 29.9 Å². The molecule has 0 aliphatic heterocycles. The molecule has 0 unspecified atom stereocenters. The molecule has 2 heterocycles. The van der Waals surface area contributed by atoms with Crippen molar-refractivity contribution in [3.63, 3.8) is 0 Å². The van der Waals surface area contributed by atoms with E-state index in [1.807, 2.05) is 0 Å². The van der Waals surface area contributed by atoms with Crippen molar-refractivity contribution in [2.75, 3.05) is 13.7 Å². The van der Waals surface area contributed by atoms with Gasteiger partial charge in [-0.05, 0) is 36.4 Å². The van der Waals surface area contributed by atoms with Crippen molar-refractivity contribution in [3.8, 4) is 16.9 Å². The SMILES string of the molecule is COCC(=O)Oc1ccc2c(-c3cc4cc(Cl)ccc4oc3=O)cc(=O)oc2c1. The number of hydrogen-bond acceptors (Lipinski definition) is 7. The molecule has 0 spiro atoms. The van der Waals surface area contributed by atoms with E-state index in [-0.39, 0.29) is 23.5 Å². The summed E-state index contributed by atoms with van der Waals surface area (Å²) in [4.78, 5) is 36.2. The summed E-state index contributed by atoms with van der Waals surface area (Å²) >= 11 is 6.02. The van der Waals surface area contributed by atoms with Crippen LogP contribution in [0.3, 0.4) is 0 Å². The smallest absolute Gasteiger partial charge is 0.344 e. The van der Waals surface area contributed by atoms with E-state index in [0.29, 0.717) is 26.9 Å². The van der Waals surface area contributed by atoms with Crippen molar-refractivity contribution in [1.29, 1.82) is 0 Å². The van der Waals surface area contributed by atoms with Crippen LogP contribution in [0, 0.1) is 0 Å². The van der Waals surface area contributed by atoms with Crippen LogP contribution in [-0.2, 0) is 9.53 Å². The van der Waals surface area contributed by atoms with E-state index >= 15 is 0 Å². The van der Waals surface area contributed by atoms with Crippen molar-refractivity contribution in [3.05, 3.63) is 74.4 Å². The third-order valence-electron chi connectivity index (χ3n) is 4.19. The molecule has 0 aliphatic carbocycles. The maximum absolute atomic E-state index is 12.5. The molecule has 4 aromatic rings. The van der Waals surface area contributed by atoms with Gasteiger partial charge in [-0.1, -0.05) is 11.6 Å². The maximum atomic E-state index is 12.5. The molecule has 0 radical (unpaired) electrons. The first-order chi connectivity index (χ1) is 13.9. The van der Waals surface area contributed by atoms with E-state index < -0.39 is 17.2 Å². The van der Waals surface area contributed by atoms with Crippen LogP contribution in [0.1, 0.15) is 0 Å². The van der Waals surface area contributed by atoms with Gasteiger partial charge >= 0.3 is 17.2 Å². The van der Waals surface area contributed by atoms with Gasteiger partial charge in [0.15, 0.2) is 0 Å². The Labute approximate surface area is 168 Å². The standard InChI is InChI=1S/C21H13ClO7/c1-26-10-20(24)27-13-3-4-14-15(9-19(23)28-18(14)8-13)16-7-11-6-12(22)2-5-17(11)29-21(16)25/h2-9H,10H2,1H3. The predicted molar refractivity (Wildman–Crippen MR) is 106 cm³/mol. The average Bonchev–Trinajstić information content (AvgIpc) is 2.67. The Kier molecular flexibility index (Phi) is 4.92. The molecule has 4 rings (SSSR count). The number of ether oxygens (including phenoxy) is 2. The van der Waals surface area contributed by atoms with Crippen molar-refractivity contribution < 1.29 is 23.1 Å². The fourth-order valence-electron chi connectivity index (χ4n) is 2.99. The summed E-state index contributed by atoms with van der Waals surface area (Å²) in [5.41, 5.74) is -0.229. The molecule has 2 aromatic carbocycles. The van der Waals surface area contributed by atoms with Gasteiger partial charge in [-0.15, -0.1) is 0 Å². The Morgan fingerprint density at radius 1 is 0.966 bits per heavy atom. The quantitative estimate of drug-likeness (QED) is 0.286. The number of carbonyl (C=O) groups is 1. The fraction of sp³-hybridized carbons (Fsp3) is 0.0952. The van der Waals surface area contributed by atoms with Gasteiger partial charge in [0.25, 0.3) is 0 Å². The monoisotopic (exact) mass is 412 g/mol. The van der Waals surface area contributed by atoms with Gasteiger partial charge in [0.2, 0.25) is 0 Å². The Morgan fingerprint density at radius 3 is 2.59 bits per heavy atom. The molecule has 2 aromatic heterocycles. The zero-order valence-corrected chi connectivity index (χ0v) is 15.8. The van der Waals surface area contributed by atoms with Gasteiger partial charge in [0.05, 0.1) is 5.56 Å². The molecule has 0 atom stereocenters. The van der Waals surface area contributed by atoms with Gasteiger partial charge in [0, 0.05) is 40.6 Å². The lowest BCUT2D eigenvalue weighted by atomic mass is 10.0. The number of rotatable bonds is 4. The Hall–Kier alpha value is -3.42. The van der Waals surface area contributed by atoms with E-state index in [9.17, 15) is 14.4 Å². The van der Waals surface area contributed by atoms with Crippen molar-refractivity contribution >= 4 is 39.5 Å². The van der Waals surface area contributed by atoms with Crippen molar-refractivity contribution in [2.24, 2.45) is 0 Å². The van der Waals surface area contributed by atoms with Gasteiger partial charge in [0.1, 0.15) is 23.5 Å². The van der Waals surface area contributed by atoms with Gasteiger partial charge < -0.3 is 18.3 Å². The highest BCUT2D eigenvalue weighted by molar-refractivity contribution is 6.31. The molecule has 0 bridgehead atoms. The van der Waals surface area contributed by atoms with Crippen LogP contribution in [0.5, 0.6) is 5.75 Å². The minimum Gasteiger partial charge on any atom is -0.425 e. The average molecular weight is 413 g/mol.